The molecule has 2 nitrogen and oxygen atoms in total. The molecule has 0 spiro atoms. The minimum Gasteiger partial charge on any atom is -0.505 e. The van der Waals surface area contributed by atoms with Crippen molar-refractivity contribution in [3.8, 4) is 5.75 Å². The highest BCUT2D eigenvalue weighted by atomic mass is 79.9. The Morgan fingerprint density at radius 2 is 1.94 bits per heavy atom. The predicted molar refractivity (Wildman–Crippen MR) is 69.5 cm³/mol. The van der Waals surface area contributed by atoms with Crippen molar-refractivity contribution in [1.29, 1.82) is 0 Å². The molecule has 4 heteroatoms. The molecule has 2 rings (SSSR count). The van der Waals surface area contributed by atoms with Gasteiger partial charge in [0, 0.05) is 22.8 Å². The third-order valence-corrected chi connectivity index (χ3v) is 3.16. The number of nitrogens with one attached hydrogen (secondary N) is 1. The van der Waals surface area contributed by atoms with Crippen LogP contribution in [0.5, 0.6) is 5.75 Å². The quantitative estimate of drug-likeness (QED) is 0.842. The first-order valence-corrected chi connectivity index (χ1v) is 5.92. The van der Waals surface area contributed by atoms with Crippen molar-refractivity contribution in [1.82, 2.24) is 0 Å². The Kier molecular flexibility index (Phi) is 3.64. The third-order valence-electron chi connectivity index (χ3n) is 2.39. The van der Waals surface area contributed by atoms with Gasteiger partial charge in [-0.1, -0.05) is 34.1 Å². The van der Waals surface area contributed by atoms with Gasteiger partial charge in [0.05, 0.1) is 0 Å². The smallest absolute Gasteiger partial charge is 0.166 e. The number of hydrogen-bond acceptors (Lipinski definition) is 2. The Labute approximate surface area is 107 Å². The zero-order valence-corrected chi connectivity index (χ0v) is 10.5. The zero-order chi connectivity index (χ0) is 12.3. The first-order chi connectivity index (χ1) is 8.16. The van der Waals surface area contributed by atoms with E-state index in [-0.39, 0.29) is 5.75 Å². The van der Waals surface area contributed by atoms with Crippen LogP contribution in [0.25, 0.3) is 0 Å². The highest BCUT2D eigenvalue weighted by Crippen LogP contribution is 2.21. The largest absolute Gasteiger partial charge is 0.505 e. The second-order valence-corrected chi connectivity index (χ2v) is 4.47. The fourth-order valence-electron chi connectivity index (χ4n) is 1.46. The van der Waals surface area contributed by atoms with Crippen LogP contribution in [0.3, 0.4) is 0 Å². The van der Waals surface area contributed by atoms with Crippen molar-refractivity contribution in [3.05, 3.63) is 58.3 Å². The van der Waals surface area contributed by atoms with Crippen molar-refractivity contribution in [2.24, 2.45) is 0 Å². The van der Waals surface area contributed by atoms with Crippen LogP contribution in [0.4, 0.5) is 10.1 Å². The van der Waals surface area contributed by atoms with Crippen LogP contribution in [-0.4, -0.2) is 5.11 Å². The van der Waals surface area contributed by atoms with Crippen molar-refractivity contribution in [2.45, 2.75) is 6.54 Å². The molecule has 0 aliphatic rings. The fraction of sp³-hybridized carbons (Fsp3) is 0.0769. The summed E-state index contributed by atoms with van der Waals surface area (Å²) in [6.45, 7) is 0.589. The van der Waals surface area contributed by atoms with Crippen molar-refractivity contribution >= 4 is 21.6 Å². The Morgan fingerprint density at radius 3 is 2.65 bits per heavy atom. The molecule has 2 aromatic rings. The van der Waals surface area contributed by atoms with Gasteiger partial charge in [-0.05, 0) is 23.8 Å². The number of phenolic OH excluding ortho intramolecular Hbond substituents is 1. The highest BCUT2D eigenvalue weighted by molar-refractivity contribution is 9.10. The van der Waals surface area contributed by atoms with E-state index in [4.69, 9.17) is 5.11 Å². The summed E-state index contributed by atoms with van der Waals surface area (Å²) in [6, 6.07) is 12.0. The molecule has 0 amide bonds. The maximum Gasteiger partial charge on any atom is 0.166 e. The van der Waals surface area contributed by atoms with Gasteiger partial charge in [0.2, 0.25) is 0 Å². The lowest BCUT2D eigenvalue weighted by Gasteiger charge is -2.08. The zero-order valence-electron chi connectivity index (χ0n) is 8.95. The second-order valence-electron chi connectivity index (χ2n) is 3.61. The molecule has 0 saturated heterocycles. The van der Waals surface area contributed by atoms with Crippen LogP contribution < -0.4 is 5.32 Å². The van der Waals surface area contributed by atoms with Gasteiger partial charge in [-0.25, -0.2) is 4.39 Å². The van der Waals surface area contributed by atoms with Crippen LogP contribution in [0, 0.1) is 5.82 Å². The molecule has 0 saturated carbocycles. The van der Waals surface area contributed by atoms with Crippen LogP contribution >= 0.6 is 15.9 Å². The summed E-state index contributed by atoms with van der Waals surface area (Å²) < 4.78 is 14.1. The van der Waals surface area contributed by atoms with Gasteiger partial charge >= 0.3 is 0 Å². The predicted octanol–water partition coefficient (Wildman–Crippen LogP) is 3.91. The molecule has 0 radical (unpaired) electrons. The number of phenols is 1. The van der Waals surface area contributed by atoms with Gasteiger partial charge in [0.1, 0.15) is 0 Å². The van der Waals surface area contributed by atoms with Gasteiger partial charge in [-0.15, -0.1) is 0 Å². The molecule has 2 N–H and O–H groups in total. The van der Waals surface area contributed by atoms with Crippen LogP contribution in [-0.2, 0) is 6.54 Å². The normalized spacial score (nSPS) is 10.2. The lowest BCUT2D eigenvalue weighted by atomic mass is 10.2. The monoisotopic (exact) mass is 295 g/mol. The van der Waals surface area contributed by atoms with E-state index in [1.54, 1.807) is 6.07 Å². The van der Waals surface area contributed by atoms with E-state index in [0.717, 1.165) is 10.0 Å². The molecule has 0 heterocycles. The second kappa shape index (κ2) is 5.19. The Morgan fingerprint density at radius 1 is 1.18 bits per heavy atom. The molecular formula is C13H11BrFNO. The lowest BCUT2D eigenvalue weighted by Crippen LogP contribution is -2.00. The van der Waals surface area contributed by atoms with Crippen molar-refractivity contribution in [3.63, 3.8) is 0 Å². The average Bonchev–Trinajstić information content (AvgIpc) is 2.32. The molecular weight excluding hydrogens is 285 g/mol. The average molecular weight is 296 g/mol. The van der Waals surface area contributed by atoms with Crippen molar-refractivity contribution < 1.29 is 9.50 Å². The molecule has 0 bridgehead atoms. The standard InChI is InChI=1S/C13H11BrFNO/c14-11-4-2-1-3-9(11)8-16-10-5-6-13(17)12(15)7-10/h1-7,16-17H,8H2. The summed E-state index contributed by atoms with van der Waals surface area (Å²) in [6.07, 6.45) is 0. The minimum atomic E-state index is -0.623. The molecule has 17 heavy (non-hydrogen) atoms. The molecule has 88 valence electrons. The number of benzene rings is 2. The Bertz CT molecular complexity index is 531. The number of hydrogen-bond donors (Lipinski definition) is 2. The highest BCUT2D eigenvalue weighted by Gasteiger charge is 2.02. The molecule has 0 aliphatic carbocycles. The molecule has 0 fully saturated rings. The number of rotatable bonds is 3. The summed E-state index contributed by atoms with van der Waals surface area (Å²) in [4.78, 5) is 0. The Balaban J connectivity index is 2.08. The van der Waals surface area contributed by atoms with E-state index in [1.165, 1.54) is 12.1 Å². The molecule has 0 atom stereocenters. The first kappa shape index (κ1) is 11.9. The summed E-state index contributed by atoms with van der Waals surface area (Å²) in [5.41, 5.74) is 1.72. The van der Waals surface area contributed by atoms with E-state index in [0.29, 0.717) is 12.2 Å². The van der Waals surface area contributed by atoms with Crippen LogP contribution in [0.2, 0.25) is 0 Å². The SMILES string of the molecule is Oc1ccc(NCc2ccccc2Br)cc1F. The Hall–Kier alpha value is -1.55. The van der Waals surface area contributed by atoms with Crippen LogP contribution in [0.1, 0.15) is 5.56 Å². The van der Waals surface area contributed by atoms with Gasteiger partial charge in [-0.3, -0.25) is 0 Å². The third kappa shape index (κ3) is 2.97. The van der Waals surface area contributed by atoms with Gasteiger partial charge < -0.3 is 10.4 Å². The molecule has 0 aliphatic heterocycles. The summed E-state index contributed by atoms with van der Waals surface area (Å²) >= 11 is 3.44. The van der Waals surface area contributed by atoms with Crippen molar-refractivity contribution in [2.75, 3.05) is 5.32 Å². The summed E-state index contributed by atoms with van der Waals surface area (Å²) in [7, 11) is 0. The topological polar surface area (TPSA) is 32.3 Å². The molecule has 0 unspecified atom stereocenters. The van der Waals surface area contributed by atoms with Gasteiger partial charge in [0.25, 0.3) is 0 Å². The summed E-state index contributed by atoms with van der Waals surface area (Å²) in [5.74, 6) is -0.960. The minimum absolute atomic E-state index is 0.337. The van der Waals surface area contributed by atoms with E-state index >= 15 is 0 Å². The number of aromatic hydroxyl groups is 1. The van der Waals surface area contributed by atoms with Crippen LogP contribution in [0.15, 0.2) is 46.9 Å². The summed E-state index contributed by atoms with van der Waals surface area (Å²) in [5, 5.41) is 12.2. The first-order valence-electron chi connectivity index (χ1n) is 5.12. The molecule has 2 aromatic carbocycles. The van der Waals surface area contributed by atoms with E-state index in [1.807, 2.05) is 24.3 Å². The number of halogens is 2. The van der Waals surface area contributed by atoms with E-state index in [2.05, 4.69) is 21.2 Å². The molecule has 0 aromatic heterocycles. The van der Waals surface area contributed by atoms with E-state index in [9.17, 15) is 4.39 Å². The maximum absolute atomic E-state index is 13.1. The van der Waals surface area contributed by atoms with E-state index < -0.39 is 5.82 Å². The lowest BCUT2D eigenvalue weighted by molar-refractivity contribution is 0.432. The number of anilines is 1. The maximum atomic E-state index is 13.1. The van der Waals surface area contributed by atoms with Gasteiger partial charge in [0.15, 0.2) is 11.6 Å². The fourth-order valence-corrected chi connectivity index (χ4v) is 1.88. The van der Waals surface area contributed by atoms with Gasteiger partial charge in [-0.2, -0.15) is 0 Å².